The van der Waals surface area contributed by atoms with E-state index in [4.69, 9.17) is 22.9 Å². The Morgan fingerprint density at radius 3 is 1.57 bits per heavy atom. The summed E-state index contributed by atoms with van der Waals surface area (Å²) in [7, 11) is 0. The molecule has 0 rings (SSSR count). The van der Waals surface area contributed by atoms with Gasteiger partial charge < -0.3 is 0 Å². The van der Waals surface area contributed by atoms with Gasteiger partial charge in [-0.1, -0.05) is 0 Å². The Labute approximate surface area is 86.7 Å². The van der Waals surface area contributed by atoms with Crippen molar-refractivity contribution in [3.8, 4) is 0 Å². The summed E-state index contributed by atoms with van der Waals surface area (Å²) in [5.41, 5.74) is 0. The maximum atomic E-state index is 8.12. The first-order valence-corrected chi connectivity index (χ1v) is 7.02. The van der Waals surface area contributed by atoms with Crippen molar-refractivity contribution in [2.75, 3.05) is 0 Å². The van der Waals surface area contributed by atoms with Crippen molar-refractivity contribution >= 4 is 73.2 Å². The molecule has 0 spiro atoms. The van der Waals surface area contributed by atoms with Gasteiger partial charge in [-0.2, -0.15) is 0 Å². The molecule has 36 valence electrons. The average molecular weight is 182 g/mol. The van der Waals surface area contributed by atoms with Gasteiger partial charge in [-0.05, 0) is 0 Å². The van der Waals surface area contributed by atoms with Gasteiger partial charge in [-0.15, -0.1) is 0 Å². The summed E-state index contributed by atoms with van der Waals surface area (Å²) in [6, 6.07) is 0. The Hall–Kier alpha value is 2.24. The van der Waals surface area contributed by atoms with Gasteiger partial charge in [0.05, 0.1) is 0 Å². The normalized spacial score (nSPS) is 3.14. The van der Waals surface area contributed by atoms with Crippen molar-refractivity contribution in [3.05, 3.63) is 10.1 Å². The average Bonchev–Trinajstić information content (AvgIpc) is 1.39. The van der Waals surface area contributed by atoms with Crippen molar-refractivity contribution < 1.29 is 5.34 Å². The van der Waals surface area contributed by atoms with Crippen LogP contribution in [0.4, 0.5) is 0 Å². The summed E-state index contributed by atoms with van der Waals surface area (Å²) in [5.74, 6) is 0. The molecular weight excluding hydrogens is 180 g/mol. The van der Waals surface area contributed by atoms with Gasteiger partial charge in [0.15, 0.2) is 0 Å². The van der Waals surface area contributed by atoms with Gasteiger partial charge in [0.1, 0.15) is 0 Å². The third-order valence-electron chi connectivity index (χ3n) is 0. The Kier molecular flexibility index (Phi) is 55.3. The van der Waals surface area contributed by atoms with Gasteiger partial charge in [0, 0.05) is 5.34 Å². The maximum absolute atomic E-state index is 8.12. The van der Waals surface area contributed by atoms with Crippen molar-refractivity contribution in [2.45, 2.75) is 0 Å². The summed E-state index contributed by atoms with van der Waals surface area (Å²) in [6.45, 7) is 0. The molecule has 0 aromatic rings. The first-order valence-electron chi connectivity index (χ1n) is 0.943. The third-order valence-corrected chi connectivity index (χ3v) is 0. The fourth-order valence-corrected chi connectivity index (χ4v) is 0. The third kappa shape index (κ3) is 64.0. The number of rotatable bonds is 0. The molecule has 0 saturated carbocycles. The molecule has 0 aliphatic carbocycles. The van der Waals surface area contributed by atoms with E-state index >= 15 is 0 Å². The predicted molar refractivity (Wildman–Crippen MR) is 32.3 cm³/mol. The number of hydrogen-bond acceptors (Lipinski definition) is 2. The predicted octanol–water partition coefficient (Wildman–Crippen LogP) is -1.32. The second-order valence-corrected chi connectivity index (χ2v) is 3.83. The SMILES string of the molecule is O=[NH+][O-].[Cl][Ca][Cl].[NaH]. The molecule has 0 aromatic heterocycles. The van der Waals surface area contributed by atoms with E-state index in [9.17, 15) is 0 Å². The van der Waals surface area contributed by atoms with Crippen LogP contribution in [0.15, 0.2) is 0 Å². The van der Waals surface area contributed by atoms with Gasteiger partial charge in [0.2, 0.25) is 0 Å². The van der Waals surface area contributed by atoms with Crippen LogP contribution in [0.2, 0.25) is 0 Å². The first kappa shape index (κ1) is 16.1. The summed E-state index contributed by atoms with van der Waals surface area (Å²) in [4.78, 5) is 8.12. The number of nitrogens with one attached hydrogen (secondary N) is 1. The molecule has 3 nitrogen and oxygen atoms in total. The summed E-state index contributed by atoms with van der Waals surface area (Å²) >= 11 is -0.931. The van der Waals surface area contributed by atoms with E-state index in [1.54, 1.807) is 0 Å². The Balaban J connectivity index is -0.0000000400. The molecule has 0 bridgehead atoms. The van der Waals surface area contributed by atoms with E-state index in [1.165, 1.54) is 0 Å². The minimum atomic E-state index is -0.931. The van der Waals surface area contributed by atoms with E-state index in [2.05, 4.69) is 0 Å². The zero-order valence-electron chi connectivity index (χ0n) is 2.78. The van der Waals surface area contributed by atoms with Crippen LogP contribution >= 0.6 is 12.8 Å². The van der Waals surface area contributed by atoms with Crippen LogP contribution in [0.1, 0.15) is 0 Å². The van der Waals surface area contributed by atoms with Crippen LogP contribution in [-0.2, 0) is 0 Å². The van der Waals surface area contributed by atoms with Crippen LogP contribution in [0.5, 0.6) is 0 Å². The van der Waals surface area contributed by atoms with E-state index in [1.807, 2.05) is 0 Å². The first-order chi connectivity index (χ1) is 2.83. The summed E-state index contributed by atoms with van der Waals surface area (Å²) in [5, 5.41) is 8.38. The van der Waals surface area contributed by atoms with Crippen molar-refractivity contribution in [2.24, 2.45) is 0 Å². The molecule has 0 radical (unpaired) electrons. The Morgan fingerprint density at radius 1 is 1.57 bits per heavy atom. The molecule has 0 atom stereocenters. The van der Waals surface area contributed by atoms with Crippen LogP contribution in [0.25, 0.3) is 0 Å². The topological polar surface area (TPSA) is 54.1 Å². The second kappa shape index (κ2) is 24.0. The quantitative estimate of drug-likeness (QED) is 0.287. The van der Waals surface area contributed by atoms with Crippen LogP contribution in [0.3, 0.4) is 0 Å². The molecule has 7 heavy (non-hydrogen) atoms. The van der Waals surface area contributed by atoms with Crippen LogP contribution in [-0.4, -0.2) is 60.4 Å². The van der Waals surface area contributed by atoms with E-state index < -0.39 is 30.8 Å². The molecule has 0 heterocycles. The molecule has 0 aromatic carbocycles. The van der Waals surface area contributed by atoms with Crippen molar-refractivity contribution in [1.82, 2.24) is 0 Å². The van der Waals surface area contributed by atoms with E-state index in [0.29, 0.717) is 0 Å². The molecule has 1 N–H and O–H groups in total. The van der Waals surface area contributed by atoms with Crippen molar-refractivity contribution in [1.29, 1.82) is 0 Å². The van der Waals surface area contributed by atoms with Gasteiger partial charge >= 0.3 is 73.2 Å². The fourth-order valence-electron chi connectivity index (χ4n) is 0. The molecule has 0 saturated heterocycles. The molecule has 0 aliphatic heterocycles. The summed E-state index contributed by atoms with van der Waals surface area (Å²) in [6.07, 6.45) is 9.90. The van der Waals surface area contributed by atoms with Gasteiger partial charge in [0.25, 0.3) is 0 Å². The molecule has 7 heteroatoms. The monoisotopic (exact) mass is 181 g/mol. The van der Waals surface area contributed by atoms with Gasteiger partial charge in [-0.3, -0.25) is 10.1 Å². The number of halogens is 2. The number of hydrogen-bond donors (Lipinski definition) is 1. The summed E-state index contributed by atoms with van der Waals surface area (Å²) < 4.78 is 0. The molecular formula is H2CaCl2NNaO2. The van der Waals surface area contributed by atoms with Gasteiger partial charge in [-0.25, -0.2) is 0 Å². The van der Waals surface area contributed by atoms with E-state index in [0.717, 1.165) is 0 Å². The Bertz CT molecular complexity index is 29.7. The molecule has 0 unspecified atom stereocenters. The van der Waals surface area contributed by atoms with E-state index in [-0.39, 0.29) is 34.9 Å². The molecule has 0 amide bonds. The fraction of sp³-hybridized carbons (Fsp3) is 0. The second-order valence-electron chi connectivity index (χ2n) is 0.184. The zero-order valence-corrected chi connectivity index (χ0v) is 6.50. The molecule has 0 aliphatic rings. The minimum absolute atomic E-state index is 0. The van der Waals surface area contributed by atoms with Crippen molar-refractivity contribution in [3.63, 3.8) is 0 Å². The zero-order chi connectivity index (χ0) is 5.41. The standard InChI is InChI=1S/Ca.2ClH.HNO2.Na.H/c;;;2-1-3;;/h;2*1H;1H;;/q+2;;;;;/p-2. The van der Waals surface area contributed by atoms with Crippen LogP contribution < -0.4 is 5.34 Å². The molecule has 0 fully saturated rings. The van der Waals surface area contributed by atoms with Crippen LogP contribution in [0, 0.1) is 10.1 Å². The Morgan fingerprint density at radius 2 is 1.57 bits per heavy atom.